The molecule has 0 saturated carbocycles. The van der Waals surface area contributed by atoms with E-state index in [2.05, 4.69) is 10.3 Å². The molecule has 1 amide bonds. The van der Waals surface area contributed by atoms with Crippen LogP contribution in [0.15, 0.2) is 15.8 Å². The molecular weight excluding hydrogens is 433 g/mol. The average Bonchev–Trinajstić information content (AvgIpc) is 3.03. The van der Waals surface area contributed by atoms with E-state index in [1.165, 1.54) is 20.2 Å². The zero-order valence-corrected chi connectivity index (χ0v) is 18.9. The van der Waals surface area contributed by atoms with E-state index < -0.39 is 49.3 Å². The second-order valence-electron chi connectivity index (χ2n) is 6.94. The van der Waals surface area contributed by atoms with Gasteiger partial charge in [0, 0.05) is 18.8 Å². The second-order valence-corrected chi connectivity index (χ2v) is 9.13. The highest BCUT2D eigenvalue weighted by Crippen LogP contribution is 2.49. The summed E-state index contributed by atoms with van der Waals surface area (Å²) in [6.45, 7) is 4.90. The van der Waals surface area contributed by atoms with Crippen molar-refractivity contribution in [3.8, 4) is 0 Å². The van der Waals surface area contributed by atoms with Gasteiger partial charge in [0.15, 0.2) is 6.23 Å². The van der Waals surface area contributed by atoms with Crippen molar-refractivity contribution >= 4 is 13.5 Å². The number of aliphatic hydroxyl groups is 1. The number of hydrogen-bond donors (Lipinski definition) is 3. The Balaban J connectivity index is 2.28. The summed E-state index contributed by atoms with van der Waals surface area (Å²) in [4.78, 5) is 37.8. The number of hydrogen-bond acceptors (Lipinski definition) is 9. The fourth-order valence-electron chi connectivity index (χ4n) is 3.23. The number of amides is 1. The van der Waals surface area contributed by atoms with Crippen molar-refractivity contribution < 1.29 is 33.0 Å². The average molecular weight is 463 g/mol. The Morgan fingerprint density at radius 2 is 1.97 bits per heavy atom. The first-order valence-corrected chi connectivity index (χ1v) is 11.7. The minimum absolute atomic E-state index is 0.0230. The fraction of sp³-hybridized carbons (Fsp3) is 0.722. The second kappa shape index (κ2) is 11.2. The number of carbonyl (C=O) groups is 1. The molecule has 4 unspecified atom stereocenters. The molecule has 0 radical (unpaired) electrons. The lowest BCUT2D eigenvalue weighted by Gasteiger charge is -2.22. The number of likely N-dealkylation sites (N-methyl/N-ethyl adjacent to an activating group) is 1. The first kappa shape index (κ1) is 25.4. The van der Waals surface area contributed by atoms with E-state index in [4.69, 9.17) is 18.5 Å². The molecule has 1 aromatic heterocycles. The van der Waals surface area contributed by atoms with E-state index in [-0.39, 0.29) is 38.0 Å². The summed E-state index contributed by atoms with van der Waals surface area (Å²) in [5.74, 6) is -0.434. The molecule has 2 rings (SSSR count). The molecular formula is C18H30N3O9P. The van der Waals surface area contributed by atoms with Crippen LogP contribution in [-0.2, 0) is 27.9 Å². The Kier molecular flexibility index (Phi) is 9.16. The number of rotatable bonds is 11. The third kappa shape index (κ3) is 6.34. The molecule has 176 valence electrons. The molecule has 0 aliphatic carbocycles. The van der Waals surface area contributed by atoms with Gasteiger partial charge in [-0.15, -0.1) is 0 Å². The largest absolute Gasteiger partial charge is 0.388 e. The first-order chi connectivity index (χ1) is 14.7. The minimum Gasteiger partial charge on any atom is -0.388 e. The zero-order chi connectivity index (χ0) is 23.2. The van der Waals surface area contributed by atoms with Crippen LogP contribution in [0.5, 0.6) is 0 Å². The topological polar surface area (TPSA) is 158 Å². The molecule has 1 aliphatic rings. The van der Waals surface area contributed by atoms with Gasteiger partial charge >= 0.3 is 13.3 Å². The van der Waals surface area contributed by atoms with Gasteiger partial charge in [-0.05, 0) is 27.2 Å². The van der Waals surface area contributed by atoms with Crippen molar-refractivity contribution in [1.82, 2.24) is 14.9 Å². The predicted octanol–water partition coefficient (Wildman–Crippen LogP) is -0.109. The van der Waals surface area contributed by atoms with Crippen LogP contribution in [0.2, 0.25) is 0 Å². The van der Waals surface area contributed by atoms with Crippen LogP contribution in [0.4, 0.5) is 0 Å². The molecule has 4 atom stereocenters. The van der Waals surface area contributed by atoms with Crippen LogP contribution in [0.3, 0.4) is 0 Å². The highest BCUT2D eigenvalue weighted by atomic mass is 31.2. The number of aromatic nitrogens is 2. The van der Waals surface area contributed by atoms with E-state index in [0.717, 1.165) is 4.57 Å². The lowest BCUT2D eigenvalue weighted by atomic mass is 10.1. The summed E-state index contributed by atoms with van der Waals surface area (Å²) in [6, 6.07) is 0. The minimum atomic E-state index is -3.38. The molecule has 13 heteroatoms. The van der Waals surface area contributed by atoms with Gasteiger partial charge in [0.25, 0.3) is 5.56 Å². The van der Waals surface area contributed by atoms with Crippen LogP contribution < -0.4 is 16.6 Å². The Labute approximate surface area is 179 Å². The Hall–Kier alpha value is -1.82. The van der Waals surface area contributed by atoms with Crippen molar-refractivity contribution in [3.63, 3.8) is 0 Å². The van der Waals surface area contributed by atoms with Gasteiger partial charge in [0.2, 0.25) is 5.91 Å². The van der Waals surface area contributed by atoms with Crippen molar-refractivity contribution in [1.29, 1.82) is 0 Å². The molecule has 0 aromatic carbocycles. The lowest BCUT2D eigenvalue weighted by Crippen LogP contribution is -2.41. The monoisotopic (exact) mass is 463 g/mol. The summed E-state index contributed by atoms with van der Waals surface area (Å²) in [5.41, 5.74) is -1.05. The number of H-pyrrole nitrogens is 1. The summed E-state index contributed by atoms with van der Waals surface area (Å²) in [5, 5.41) is 13.2. The fourth-order valence-corrected chi connectivity index (χ4v) is 4.92. The molecule has 1 aliphatic heterocycles. The Morgan fingerprint density at radius 1 is 1.32 bits per heavy atom. The maximum atomic E-state index is 12.7. The van der Waals surface area contributed by atoms with Gasteiger partial charge in [0.05, 0.1) is 25.5 Å². The lowest BCUT2D eigenvalue weighted by molar-refractivity contribution is -0.132. The summed E-state index contributed by atoms with van der Waals surface area (Å²) < 4.78 is 35.8. The highest BCUT2D eigenvalue weighted by molar-refractivity contribution is 7.53. The number of nitrogens with zero attached hydrogens (tertiary/aromatic N) is 1. The molecule has 1 fully saturated rings. The SMILES string of the molecule is CCOP(=O)(CCC1OC(n2cc(C)c(=O)[nH]c2=O)C(OCC(=O)NC)C1O)OCC. The number of aromatic amines is 1. The third-order valence-electron chi connectivity index (χ3n) is 4.76. The molecule has 1 aromatic rings. The summed E-state index contributed by atoms with van der Waals surface area (Å²) in [6.07, 6.45) is -2.98. The Morgan fingerprint density at radius 3 is 2.55 bits per heavy atom. The summed E-state index contributed by atoms with van der Waals surface area (Å²) in [7, 11) is -1.95. The number of carbonyl (C=O) groups excluding carboxylic acids is 1. The summed E-state index contributed by atoms with van der Waals surface area (Å²) >= 11 is 0. The van der Waals surface area contributed by atoms with Crippen LogP contribution in [0.1, 0.15) is 32.1 Å². The number of aryl methyl sites for hydroxylation is 1. The van der Waals surface area contributed by atoms with Gasteiger partial charge in [-0.2, -0.15) is 0 Å². The van der Waals surface area contributed by atoms with E-state index in [0.29, 0.717) is 0 Å². The van der Waals surface area contributed by atoms with E-state index in [9.17, 15) is 24.1 Å². The van der Waals surface area contributed by atoms with Gasteiger partial charge in [-0.25, -0.2) is 4.79 Å². The third-order valence-corrected chi connectivity index (χ3v) is 6.87. The molecule has 3 N–H and O–H groups in total. The predicted molar refractivity (Wildman–Crippen MR) is 110 cm³/mol. The van der Waals surface area contributed by atoms with Crippen LogP contribution in [-0.4, -0.2) is 71.9 Å². The number of nitrogens with one attached hydrogen (secondary N) is 2. The van der Waals surface area contributed by atoms with Crippen LogP contribution in [0, 0.1) is 6.92 Å². The van der Waals surface area contributed by atoms with E-state index >= 15 is 0 Å². The van der Waals surface area contributed by atoms with Gasteiger partial charge in [0.1, 0.15) is 18.8 Å². The maximum Gasteiger partial charge on any atom is 0.330 e. The first-order valence-electron chi connectivity index (χ1n) is 10.0. The molecule has 2 heterocycles. The van der Waals surface area contributed by atoms with Gasteiger partial charge in [-0.3, -0.25) is 23.7 Å². The van der Waals surface area contributed by atoms with E-state index in [1.54, 1.807) is 13.8 Å². The Bertz CT molecular complexity index is 905. The standard InChI is InChI=1S/C18H30N3O9P/c1-5-28-31(26,29-6-2)8-7-12-14(23)15(27-10-13(22)19-4)17(30-12)21-9-11(3)16(24)20-18(21)25/h9,12,14-15,17,23H,5-8,10H2,1-4H3,(H,19,22)(H,20,24,25). The molecule has 0 bridgehead atoms. The van der Waals surface area contributed by atoms with Gasteiger partial charge in [-0.1, -0.05) is 0 Å². The van der Waals surface area contributed by atoms with Crippen LogP contribution >= 0.6 is 7.60 Å². The molecule has 1 saturated heterocycles. The molecule has 12 nitrogen and oxygen atoms in total. The molecule has 31 heavy (non-hydrogen) atoms. The van der Waals surface area contributed by atoms with Gasteiger partial charge < -0.3 is 28.9 Å². The number of ether oxygens (including phenoxy) is 2. The van der Waals surface area contributed by atoms with Crippen molar-refractivity contribution in [2.45, 2.75) is 51.7 Å². The quantitative estimate of drug-likeness (QED) is 0.381. The van der Waals surface area contributed by atoms with Crippen LogP contribution in [0.25, 0.3) is 0 Å². The highest BCUT2D eigenvalue weighted by Gasteiger charge is 2.46. The van der Waals surface area contributed by atoms with Crippen molar-refractivity contribution in [2.24, 2.45) is 0 Å². The van der Waals surface area contributed by atoms with Crippen molar-refractivity contribution in [2.75, 3.05) is 33.0 Å². The van der Waals surface area contributed by atoms with Crippen molar-refractivity contribution in [3.05, 3.63) is 32.6 Å². The smallest absolute Gasteiger partial charge is 0.330 e. The molecule has 0 spiro atoms. The number of aliphatic hydroxyl groups excluding tert-OH is 1. The normalized spacial score (nSPS) is 23.8. The zero-order valence-electron chi connectivity index (χ0n) is 18.0. The van der Waals surface area contributed by atoms with E-state index in [1.807, 2.05) is 0 Å². The maximum absolute atomic E-state index is 12.7.